The van der Waals surface area contributed by atoms with Crippen molar-refractivity contribution in [1.29, 1.82) is 0 Å². The summed E-state index contributed by atoms with van der Waals surface area (Å²) in [6.07, 6.45) is 1.05. The Hall–Kier alpha value is -1.20. The minimum atomic E-state index is -0.0741. The van der Waals surface area contributed by atoms with Crippen LogP contribution >= 0.6 is 0 Å². The summed E-state index contributed by atoms with van der Waals surface area (Å²) in [7, 11) is 1.66. The molecular weight excluding hydrogens is 218 g/mol. The van der Waals surface area contributed by atoms with Crippen LogP contribution in [0, 0.1) is 6.92 Å². The first-order chi connectivity index (χ1) is 8.17. The maximum Gasteiger partial charge on any atom is 0.266 e. The van der Waals surface area contributed by atoms with Gasteiger partial charge in [0.2, 0.25) is 0 Å². The maximum absolute atomic E-state index is 11.6. The lowest BCUT2D eigenvalue weighted by atomic mass is 10.3. The van der Waals surface area contributed by atoms with Gasteiger partial charge < -0.3 is 10.1 Å². The summed E-state index contributed by atoms with van der Waals surface area (Å²) in [5, 5.41) is 7.55. The molecule has 0 aromatic carbocycles. The molecule has 0 aliphatic heterocycles. The first-order valence-corrected chi connectivity index (χ1v) is 5.94. The van der Waals surface area contributed by atoms with E-state index in [9.17, 15) is 4.79 Å². The zero-order valence-corrected chi connectivity index (χ0v) is 10.8. The molecule has 0 spiro atoms. The van der Waals surface area contributed by atoms with Crippen molar-refractivity contribution in [1.82, 2.24) is 15.1 Å². The molecule has 5 heteroatoms. The molecule has 0 radical (unpaired) electrons. The van der Waals surface area contributed by atoms with E-state index in [1.54, 1.807) is 19.2 Å². The van der Waals surface area contributed by atoms with Crippen LogP contribution in [0.4, 0.5) is 0 Å². The number of hydrogen-bond acceptors (Lipinski definition) is 4. The van der Waals surface area contributed by atoms with E-state index >= 15 is 0 Å². The first-order valence-electron chi connectivity index (χ1n) is 5.94. The average Bonchev–Trinajstić information content (AvgIpc) is 2.31. The summed E-state index contributed by atoms with van der Waals surface area (Å²) in [6, 6.07) is 3.39. The van der Waals surface area contributed by atoms with E-state index in [0.717, 1.165) is 18.7 Å². The van der Waals surface area contributed by atoms with Gasteiger partial charge in [-0.15, -0.1) is 0 Å². The summed E-state index contributed by atoms with van der Waals surface area (Å²) in [5.74, 6) is 0. The number of aromatic nitrogens is 2. The minimum Gasteiger partial charge on any atom is -0.383 e. The lowest BCUT2D eigenvalue weighted by Crippen LogP contribution is -2.40. The summed E-state index contributed by atoms with van der Waals surface area (Å²) in [6.45, 7) is 6.00. The van der Waals surface area contributed by atoms with Gasteiger partial charge in [-0.05, 0) is 26.0 Å². The number of methoxy groups -OCH3 is 1. The van der Waals surface area contributed by atoms with Crippen LogP contribution in [-0.2, 0) is 11.3 Å². The fourth-order valence-corrected chi connectivity index (χ4v) is 1.62. The molecule has 1 aromatic heterocycles. The number of nitrogens with one attached hydrogen (secondary N) is 1. The summed E-state index contributed by atoms with van der Waals surface area (Å²) >= 11 is 0. The average molecular weight is 239 g/mol. The molecule has 0 aliphatic rings. The van der Waals surface area contributed by atoms with Crippen molar-refractivity contribution in [2.45, 2.75) is 32.9 Å². The third-order valence-corrected chi connectivity index (χ3v) is 2.44. The Bertz CT molecular complexity index is 390. The highest BCUT2D eigenvalue weighted by atomic mass is 16.5. The maximum atomic E-state index is 11.6. The van der Waals surface area contributed by atoms with Crippen LogP contribution in [-0.4, -0.2) is 36.1 Å². The molecule has 5 nitrogen and oxygen atoms in total. The van der Waals surface area contributed by atoms with E-state index in [2.05, 4.69) is 17.3 Å². The van der Waals surface area contributed by atoms with Gasteiger partial charge in [-0.3, -0.25) is 4.79 Å². The number of aryl methyl sites for hydroxylation is 1. The second-order valence-electron chi connectivity index (χ2n) is 4.10. The highest BCUT2D eigenvalue weighted by Gasteiger charge is 2.09. The summed E-state index contributed by atoms with van der Waals surface area (Å²) < 4.78 is 6.63. The lowest BCUT2D eigenvalue weighted by molar-refractivity contribution is 0.156. The van der Waals surface area contributed by atoms with Gasteiger partial charge in [0, 0.05) is 13.2 Å². The van der Waals surface area contributed by atoms with Crippen LogP contribution in [0.1, 0.15) is 19.0 Å². The predicted molar refractivity (Wildman–Crippen MR) is 67.2 cm³/mol. The smallest absolute Gasteiger partial charge is 0.266 e. The molecule has 1 unspecified atom stereocenters. The molecular formula is C12H21N3O2. The molecule has 1 rings (SSSR count). The molecule has 0 fully saturated rings. The van der Waals surface area contributed by atoms with Crippen molar-refractivity contribution in [3.05, 3.63) is 28.2 Å². The van der Waals surface area contributed by atoms with E-state index < -0.39 is 0 Å². The largest absolute Gasteiger partial charge is 0.383 e. The van der Waals surface area contributed by atoms with Crippen LogP contribution in [0.5, 0.6) is 0 Å². The van der Waals surface area contributed by atoms with E-state index in [4.69, 9.17) is 4.74 Å². The fraction of sp³-hybridized carbons (Fsp3) is 0.667. The van der Waals surface area contributed by atoms with E-state index in [-0.39, 0.29) is 11.6 Å². The van der Waals surface area contributed by atoms with Crippen LogP contribution in [0.25, 0.3) is 0 Å². The molecule has 17 heavy (non-hydrogen) atoms. The van der Waals surface area contributed by atoms with Crippen molar-refractivity contribution >= 4 is 0 Å². The Morgan fingerprint density at radius 2 is 2.29 bits per heavy atom. The zero-order valence-electron chi connectivity index (χ0n) is 10.8. The lowest BCUT2D eigenvalue weighted by Gasteiger charge is -2.18. The summed E-state index contributed by atoms with van der Waals surface area (Å²) in [5.41, 5.74) is 0.770. The Balaban J connectivity index is 2.70. The van der Waals surface area contributed by atoms with Gasteiger partial charge in [0.15, 0.2) is 0 Å². The van der Waals surface area contributed by atoms with Gasteiger partial charge in [0.05, 0.1) is 24.9 Å². The molecule has 0 aliphatic carbocycles. The normalized spacial score (nSPS) is 12.6. The minimum absolute atomic E-state index is 0.0741. The highest BCUT2D eigenvalue weighted by molar-refractivity contribution is 4.97. The topological polar surface area (TPSA) is 56.1 Å². The second kappa shape index (κ2) is 7.19. The van der Waals surface area contributed by atoms with Crippen molar-refractivity contribution in [3.8, 4) is 0 Å². The fourth-order valence-electron chi connectivity index (χ4n) is 1.62. The van der Waals surface area contributed by atoms with Gasteiger partial charge in [-0.2, -0.15) is 5.10 Å². The third kappa shape index (κ3) is 4.66. The number of ether oxygens (including phenoxy) is 1. The third-order valence-electron chi connectivity index (χ3n) is 2.44. The van der Waals surface area contributed by atoms with Crippen LogP contribution in [0.15, 0.2) is 16.9 Å². The molecule has 0 amide bonds. The van der Waals surface area contributed by atoms with Crippen molar-refractivity contribution < 1.29 is 4.74 Å². The van der Waals surface area contributed by atoms with Crippen LogP contribution < -0.4 is 10.9 Å². The molecule has 0 saturated heterocycles. The molecule has 96 valence electrons. The van der Waals surface area contributed by atoms with E-state index in [0.29, 0.717) is 13.2 Å². The number of nitrogens with zero attached hydrogens (tertiary/aromatic N) is 2. The van der Waals surface area contributed by atoms with Crippen molar-refractivity contribution in [2.75, 3.05) is 20.3 Å². The molecule has 0 saturated carbocycles. The van der Waals surface area contributed by atoms with E-state index in [1.807, 2.05) is 6.92 Å². The van der Waals surface area contributed by atoms with Gasteiger partial charge in [-0.25, -0.2) is 4.68 Å². The summed E-state index contributed by atoms with van der Waals surface area (Å²) in [4.78, 5) is 11.6. The number of hydrogen-bond donors (Lipinski definition) is 1. The molecule has 1 atom stereocenters. The van der Waals surface area contributed by atoms with Gasteiger partial charge in [0.1, 0.15) is 0 Å². The van der Waals surface area contributed by atoms with Gasteiger partial charge in [0.25, 0.3) is 5.56 Å². The van der Waals surface area contributed by atoms with Crippen LogP contribution in [0.2, 0.25) is 0 Å². The van der Waals surface area contributed by atoms with E-state index in [1.165, 1.54) is 4.68 Å². The zero-order chi connectivity index (χ0) is 12.7. The van der Waals surface area contributed by atoms with Crippen LogP contribution in [0.3, 0.4) is 0 Å². The number of rotatable bonds is 7. The SMILES string of the molecule is CCCNC(COC)Cn1nc(C)ccc1=O. The van der Waals surface area contributed by atoms with Crippen molar-refractivity contribution in [2.24, 2.45) is 0 Å². The second-order valence-corrected chi connectivity index (χ2v) is 4.10. The Labute approximate surface area is 102 Å². The van der Waals surface area contributed by atoms with Crippen molar-refractivity contribution in [3.63, 3.8) is 0 Å². The highest BCUT2D eigenvalue weighted by Crippen LogP contribution is 1.92. The monoisotopic (exact) mass is 239 g/mol. The van der Waals surface area contributed by atoms with Gasteiger partial charge >= 0.3 is 0 Å². The first kappa shape index (κ1) is 13.9. The molecule has 1 heterocycles. The predicted octanol–water partition coefficient (Wildman–Crippen LogP) is 0.566. The molecule has 1 aromatic rings. The quantitative estimate of drug-likeness (QED) is 0.755. The Morgan fingerprint density at radius 1 is 1.53 bits per heavy atom. The standard InChI is InChI=1S/C12H21N3O2/c1-4-7-13-11(9-17-3)8-15-12(16)6-5-10(2)14-15/h5-6,11,13H,4,7-9H2,1-3H3. The molecule has 0 bridgehead atoms. The molecule has 1 N–H and O–H groups in total. The Kier molecular flexibility index (Phi) is 5.86. The Morgan fingerprint density at radius 3 is 2.94 bits per heavy atom. The van der Waals surface area contributed by atoms with Gasteiger partial charge in [-0.1, -0.05) is 6.92 Å².